The number of carbonyl (C=O) groups excluding carboxylic acids is 1. The third kappa shape index (κ3) is 5.02. The molecule has 0 spiro atoms. The van der Waals surface area contributed by atoms with Crippen molar-refractivity contribution in [3.63, 3.8) is 0 Å². The van der Waals surface area contributed by atoms with Gasteiger partial charge in [0.15, 0.2) is 5.82 Å². The van der Waals surface area contributed by atoms with Gasteiger partial charge in [0, 0.05) is 27.2 Å². The minimum atomic E-state index is -0.234. The lowest BCUT2D eigenvalue weighted by Crippen LogP contribution is -2.43. The molecule has 2 amide bonds. The summed E-state index contributed by atoms with van der Waals surface area (Å²) in [5.41, 5.74) is 1.07. The van der Waals surface area contributed by atoms with Gasteiger partial charge in [-0.2, -0.15) is 5.26 Å². The summed E-state index contributed by atoms with van der Waals surface area (Å²) in [4.78, 5) is 21.5. The first kappa shape index (κ1) is 20.5. The van der Waals surface area contributed by atoms with Gasteiger partial charge in [-0.25, -0.2) is 9.78 Å². The number of amides is 2. The van der Waals surface area contributed by atoms with E-state index < -0.39 is 0 Å². The monoisotopic (exact) mass is 345 g/mol. The van der Waals surface area contributed by atoms with Crippen LogP contribution in [0.2, 0.25) is 5.15 Å². The first-order valence-electron chi connectivity index (χ1n) is 6.48. The van der Waals surface area contributed by atoms with Gasteiger partial charge in [0.2, 0.25) is 0 Å². The van der Waals surface area contributed by atoms with Gasteiger partial charge in [-0.05, 0) is 32.6 Å². The zero-order chi connectivity index (χ0) is 16.2. The Morgan fingerprint density at radius 2 is 1.91 bits per heavy atom. The molecule has 0 aliphatic carbocycles. The van der Waals surface area contributed by atoms with Gasteiger partial charge in [-0.1, -0.05) is 11.6 Å². The molecule has 0 atom stereocenters. The number of hydrogen-bond donors (Lipinski definition) is 0. The van der Waals surface area contributed by atoms with E-state index in [0.29, 0.717) is 30.0 Å². The second-order valence-electron chi connectivity index (χ2n) is 5.20. The maximum atomic E-state index is 12.4. The number of aromatic nitrogens is 1. The van der Waals surface area contributed by atoms with E-state index in [2.05, 4.69) is 11.1 Å². The van der Waals surface area contributed by atoms with Crippen molar-refractivity contribution in [2.45, 2.75) is 6.92 Å². The largest absolute Gasteiger partial charge is 0.330 e. The molecule has 0 bridgehead atoms. The fraction of sp³-hybridized carbons (Fsp3) is 0.500. The maximum absolute atomic E-state index is 12.4. The Morgan fingerprint density at radius 3 is 2.36 bits per heavy atom. The molecule has 0 N–H and O–H groups in total. The molecule has 122 valence electrons. The summed E-state index contributed by atoms with van der Waals surface area (Å²) in [6, 6.07) is 3.49. The number of rotatable bonds is 4. The molecule has 1 heterocycles. The van der Waals surface area contributed by atoms with Crippen LogP contribution in [0.3, 0.4) is 0 Å². The minimum Gasteiger partial charge on any atom is -0.330 e. The van der Waals surface area contributed by atoms with Crippen molar-refractivity contribution in [2.75, 3.05) is 46.2 Å². The molecule has 1 aromatic heterocycles. The van der Waals surface area contributed by atoms with Crippen LogP contribution >= 0.6 is 24.0 Å². The van der Waals surface area contributed by atoms with E-state index in [1.807, 2.05) is 19.0 Å². The van der Waals surface area contributed by atoms with E-state index in [1.54, 1.807) is 27.1 Å². The SMILES string of the molecule is Cc1cc(Cl)nc(N(CCN(C)C)C(=O)N(C)C)c1C#N.Cl. The number of hydrogen-bond acceptors (Lipinski definition) is 4. The predicted molar refractivity (Wildman–Crippen MR) is 90.9 cm³/mol. The smallest absolute Gasteiger partial charge is 0.325 e. The predicted octanol–water partition coefficient (Wildman–Crippen LogP) is 2.39. The summed E-state index contributed by atoms with van der Waals surface area (Å²) in [5, 5.41) is 9.61. The van der Waals surface area contributed by atoms with Crippen LogP contribution < -0.4 is 4.90 Å². The lowest BCUT2D eigenvalue weighted by atomic mass is 10.1. The minimum absolute atomic E-state index is 0. The van der Waals surface area contributed by atoms with Gasteiger partial charge in [0.25, 0.3) is 0 Å². The van der Waals surface area contributed by atoms with Crippen molar-refractivity contribution >= 4 is 35.9 Å². The number of urea groups is 1. The third-order valence-electron chi connectivity index (χ3n) is 2.92. The van der Waals surface area contributed by atoms with Crippen molar-refractivity contribution in [1.29, 1.82) is 5.26 Å². The number of nitrogens with zero attached hydrogens (tertiary/aromatic N) is 5. The highest BCUT2D eigenvalue weighted by Gasteiger charge is 2.23. The first-order valence-corrected chi connectivity index (χ1v) is 6.86. The quantitative estimate of drug-likeness (QED) is 0.786. The number of carbonyl (C=O) groups is 1. The zero-order valence-electron chi connectivity index (χ0n) is 13.4. The van der Waals surface area contributed by atoms with Crippen molar-refractivity contribution in [1.82, 2.24) is 14.8 Å². The third-order valence-corrected chi connectivity index (χ3v) is 3.11. The highest BCUT2D eigenvalue weighted by atomic mass is 35.5. The van der Waals surface area contributed by atoms with Gasteiger partial charge < -0.3 is 9.80 Å². The lowest BCUT2D eigenvalue weighted by Gasteiger charge is -2.27. The van der Waals surface area contributed by atoms with Crippen molar-refractivity contribution in [3.05, 3.63) is 22.3 Å². The molecule has 1 aromatic rings. The van der Waals surface area contributed by atoms with Gasteiger partial charge in [-0.15, -0.1) is 12.4 Å². The molecule has 0 aliphatic heterocycles. The summed E-state index contributed by atoms with van der Waals surface area (Å²) in [6.45, 7) is 2.85. The Morgan fingerprint density at radius 1 is 1.32 bits per heavy atom. The second-order valence-corrected chi connectivity index (χ2v) is 5.59. The molecular formula is C14H21Cl2N5O. The van der Waals surface area contributed by atoms with Crippen molar-refractivity contribution < 1.29 is 4.79 Å². The van der Waals surface area contributed by atoms with Gasteiger partial charge in [0.05, 0.1) is 5.56 Å². The fourth-order valence-electron chi connectivity index (χ4n) is 1.78. The Bertz CT molecular complexity index is 569. The summed E-state index contributed by atoms with van der Waals surface area (Å²) >= 11 is 5.99. The molecule has 6 nitrogen and oxygen atoms in total. The Balaban J connectivity index is 0.00000441. The van der Waals surface area contributed by atoms with Crippen LogP contribution in [-0.2, 0) is 0 Å². The van der Waals surface area contributed by atoms with E-state index in [0.717, 1.165) is 0 Å². The van der Waals surface area contributed by atoms with E-state index in [1.165, 1.54) is 9.80 Å². The number of aryl methyl sites for hydroxylation is 1. The van der Waals surface area contributed by atoms with Gasteiger partial charge in [-0.3, -0.25) is 4.90 Å². The van der Waals surface area contributed by atoms with Gasteiger partial charge >= 0.3 is 6.03 Å². The molecule has 0 saturated carbocycles. The highest BCUT2D eigenvalue weighted by Crippen LogP contribution is 2.24. The molecule has 0 unspecified atom stereocenters. The Hall–Kier alpha value is -1.55. The molecule has 0 saturated heterocycles. The molecule has 0 fully saturated rings. The molecule has 0 aliphatic rings. The average Bonchev–Trinajstić information content (AvgIpc) is 2.37. The average molecular weight is 346 g/mol. The van der Waals surface area contributed by atoms with Crippen LogP contribution in [0, 0.1) is 18.3 Å². The lowest BCUT2D eigenvalue weighted by molar-refractivity contribution is 0.222. The van der Waals surface area contributed by atoms with Crippen molar-refractivity contribution in [3.8, 4) is 6.07 Å². The summed E-state index contributed by atoms with van der Waals surface area (Å²) in [5.74, 6) is 0.308. The molecule has 0 aromatic carbocycles. The fourth-order valence-corrected chi connectivity index (χ4v) is 2.03. The van der Waals surface area contributed by atoms with Crippen LogP contribution in [0.4, 0.5) is 10.6 Å². The van der Waals surface area contributed by atoms with Crippen LogP contribution in [0.15, 0.2) is 6.07 Å². The summed E-state index contributed by atoms with van der Waals surface area (Å²) < 4.78 is 0. The van der Waals surface area contributed by atoms with E-state index in [9.17, 15) is 10.1 Å². The van der Waals surface area contributed by atoms with Crippen molar-refractivity contribution in [2.24, 2.45) is 0 Å². The molecule has 8 heteroatoms. The summed E-state index contributed by atoms with van der Waals surface area (Å²) in [6.07, 6.45) is 0. The molecule has 1 rings (SSSR count). The Labute approximate surface area is 142 Å². The molecular weight excluding hydrogens is 325 g/mol. The van der Waals surface area contributed by atoms with Crippen LogP contribution in [0.25, 0.3) is 0 Å². The topological polar surface area (TPSA) is 63.5 Å². The first-order chi connectivity index (χ1) is 9.77. The second kappa shape index (κ2) is 8.79. The van der Waals surface area contributed by atoms with Crippen LogP contribution in [0.5, 0.6) is 0 Å². The van der Waals surface area contributed by atoms with E-state index in [4.69, 9.17) is 11.6 Å². The number of pyridine rings is 1. The highest BCUT2D eigenvalue weighted by molar-refractivity contribution is 6.29. The number of halogens is 2. The normalized spacial score (nSPS) is 9.91. The zero-order valence-corrected chi connectivity index (χ0v) is 15.0. The molecule has 0 radical (unpaired) electrons. The van der Waals surface area contributed by atoms with E-state index in [-0.39, 0.29) is 23.6 Å². The van der Waals surface area contributed by atoms with Crippen LogP contribution in [0.1, 0.15) is 11.1 Å². The molecule has 22 heavy (non-hydrogen) atoms. The standard InChI is InChI=1S/C14H20ClN5O.ClH/c1-10-8-12(15)17-13(11(10)9-16)20(7-6-18(2)3)14(21)19(4)5;/h8H,6-7H2,1-5H3;1H. The van der Waals surface area contributed by atoms with Crippen LogP contribution in [-0.4, -0.2) is 62.1 Å². The Kier molecular flexibility index (Phi) is 8.17. The number of nitriles is 1. The maximum Gasteiger partial charge on any atom is 0.325 e. The van der Waals surface area contributed by atoms with E-state index >= 15 is 0 Å². The summed E-state index contributed by atoms with van der Waals surface area (Å²) in [7, 11) is 7.16. The number of anilines is 1. The number of likely N-dealkylation sites (N-methyl/N-ethyl adjacent to an activating group) is 1. The van der Waals surface area contributed by atoms with Gasteiger partial charge in [0.1, 0.15) is 11.2 Å².